The maximum absolute atomic E-state index is 13.3. The second kappa shape index (κ2) is 8.96. The summed E-state index contributed by atoms with van der Waals surface area (Å²) in [5.74, 6) is -0.218. The molecule has 5 nitrogen and oxygen atoms in total. The number of likely N-dealkylation sites (tertiary alicyclic amines) is 1. The zero-order valence-electron chi connectivity index (χ0n) is 17.7. The molecule has 1 fully saturated rings. The van der Waals surface area contributed by atoms with Gasteiger partial charge in [-0.25, -0.2) is 9.37 Å². The Morgan fingerprint density at radius 1 is 1.17 bits per heavy atom. The standard InChI is InChI=1S/C24H29FN4O/c1-3-20(18-9-11-19(25)12-10-18)26-16-21-22(24(30)28-13-5-4-6-14-28)27-23-17(2)8-7-15-29(21)23/h7-12,15,20,26H,3-6,13-14,16H2,1-2H3. The van der Waals surface area contributed by atoms with Crippen molar-refractivity contribution in [2.45, 2.75) is 52.1 Å². The summed E-state index contributed by atoms with van der Waals surface area (Å²) in [6.45, 7) is 6.22. The zero-order valence-corrected chi connectivity index (χ0v) is 17.7. The monoisotopic (exact) mass is 408 g/mol. The molecule has 0 spiro atoms. The molecular weight excluding hydrogens is 379 g/mol. The Morgan fingerprint density at radius 2 is 1.90 bits per heavy atom. The maximum atomic E-state index is 13.3. The lowest BCUT2D eigenvalue weighted by Gasteiger charge is -2.26. The van der Waals surface area contributed by atoms with E-state index in [4.69, 9.17) is 4.98 Å². The molecule has 2 aromatic heterocycles. The number of fused-ring (bicyclic) bond motifs is 1. The first-order valence-corrected chi connectivity index (χ1v) is 10.8. The minimum atomic E-state index is -0.236. The molecule has 0 radical (unpaired) electrons. The Balaban J connectivity index is 1.65. The van der Waals surface area contributed by atoms with E-state index in [0.717, 1.165) is 54.8 Å². The zero-order chi connectivity index (χ0) is 21.1. The number of amides is 1. The minimum absolute atomic E-state index is 0.0180. The summed E-state index contributed by atoms with van der Waals surface area (Å²) >= 11 is 0. The summed E-state index contributed by atoms with van der Waals surface area (Å²) in [7, 11) is 0. The Hall–Kier alpha value is -2.73. The first-order chi connectivity index (χ1) is 14.6. The van der Waals surface area contributed by atoms with Gasteiger partial charge in [0.05, 0.1) is 5.69 Å². The molecule has 6 heteroatoms. The van der Waals surface area contributed by atoms with E-state index in [-0.39, 0.29) is 17.8 Å². The van der Waals surface area contributed by atoms with Crippen LogP contribution in [0, 0.1) is 12.7 Å². The first kappa shape index (κ1) is 20.5. The highest BCUT2D eigenvalue weighted by Crippen LogP contribution is 2.22. The largest absolute Gasteiger partial charge is 0.337 e. The fourth-order valence-corrected chi connectivity index (χ4v) is 4.25. The fourth-order valence-electron chi connectivity index (χ4n) is 4.25. The molecule has 1 atom stereocenters. The quantitative estimate of drug-likeness (QED) is 0.646. The number of carbonyl (C=O) groups is 1. The van der Waals surface area contributed by atoms with Crippen LogP contribution in [0.25, 0.3) is 5.65 Å². The minimum Gasteiger partial charge on any atom is -0.337 e. The Labute approximate surface area is 176 Å². The molecule has 1 aliphatic heterocycles. The molecule has 1 unspecified atom stereocenters. The summed E-state index contributed by atoms with van der Waals surface area (Å²) in [5.41, 5.74) is 4.32. The molecule has 4 rings (SSSR count). The number of benzene rings is 1. The highest BCUT2D eigenvalue weighted by molar-refractivity contribution is 5.94. The topological polar surface area (TPSA) is 49.6 Å². The normalized spacial score (nSPS) is 15.5. The van der Waals surface area contributed by atoms with E-state index in [2.05, 4.69) is 12.2 Å². The molecule has 0 saturated carbocycles. The van der Waals surface area contributed by atoms with Crippen molar-refractivity contribution < 1.29 is 9.18 Å². The number of halogens is 1. The van der Waals surface area contributed by atoms with Gasteiger partial charge in [0.15, 0.2) is 5.69 Å². The number of piperidine rings is 1. The fraction of sp³-hybridized carbons (Fsp3) is 0.417. The van der Waals surface area contributed by atoms with Crippen molar-refractivity contribution in [3.8, 4) is 0 Å². The molecule has 1 aliphatic rings. The summed E-state index contributed by atoms with van der Waals surface area (Å²) in [5, 5.41) is 3.56. The second-order valence-electron chi connectivity index (χ2n) is 8.04. The van der Waals surface area contributed by atoms with Crippen molar-refractivity contribution in [1.82, 2.24) is 19.6 Å². The van der Waals surface area contributed by atoms with Crippen LogP contribution < -0.4 is 5.32 Å². The van der Waals surface area contributed by atoms with Gasteiger partial charge in [-0.2, -0.15) is 0 Å². The summed E-state index contributed by atoms with van der Waals surface area (Å²) in [6, 6.07) is 10.7. The highest BCUT2D eigenvalue weighted by atomic mass is 19.1. The molecule has 0 aliphatic carbocycles. The van der Waals surface area contributed by atoms with Gasteiger partial charge >= 0.3 is 0 Å². The van der Waals surface area contributed by atoms with Gasteiger partial charge in [-0.1, -0.05) is 25.1 Å². The van der Waals surface area contributed by atoms with Gasteiger partial charge in [-0.15, -0.1) is 0 Å². The number of pyridine rings is 1. The predicted molar refractivity (Wildman–Crippen MR) is 116 cm³/mol. The molecule has 3 aromatic rings. The number of hydrogen-bond donors (Lipinski definition) is 1. The van der Waals surface area contributed by atoms with Crippen LogP contribution in [0.15, 0.2) is 42.6 Å². The summed E-state index contributed by atoms with van der Waals surface area (Å²) < 4.78 is 15.3. The third kappa shape index (κ3) is 4.10. The number of rotatable bonds is 6. The van der Waals surface area contributed by atoms with E-state index in [1.54, 1.807) is 0 Å². The van der Waals surface area contributed by atoms with Gasteiger partial charge < -0.3 is 14.6 Å². The van der Waals surface area contributed by atoms with Gasteiger partial charge in [-0.05, 0) is 61.9 Å². The molecule has 158 valence electrons. The molecule has 0 bridgehead atoms. The van der Waals surface area contributed by atoms with E-state index >= 15 is 0 Å². The lowest BCUT2D eigenvalue weighted by atomic mass is 10.0. The average molecular weight is 409 g/mol. The van der Waals surface area contributed by atoms with Gasteiger partial charge in [0.2, 0.25) is 0 Å². The van der Waals surface area contributed by atoms with Crippen molar-refractivity contribution in [3.05, 3.63) is 70.9 Å². The molecule has 1 saturated heterocycles. The van der Waals surface area contributed by atoms with Crippen molar-refractivity contribution in [2.75, 3.05) is 13.1 Å². The lowest BCUT2D eigenvalue weighted by Crippen LogP contribution is -2.36. The molecule has 1 N–H and O–H groups in total. The number of aromatic nitrogens is 2. The number of carbonyl (C=O) groups excluding carboxylic acids is 1. The second-order valence-corrected chi connectivity index (χ2v) is 8.04. The van der Waals surface area contributed by atoms with E-state index in [9.17, 15) is 9.18 Å². The highest BCUT2D eigenvalue weighted by Gasteiger charge is 2.26. The number of imidazole rings is 1. The van der Waals surface area contributed by atoms with Crippen LogP contribution in [-0.4, -0.2) is 33.3 Å². The third-order valence-corrected chi connectivity index (χ3v) is 5.99. The van der Waals surface area contributed by atoms with Gasteiger partial charge in [0.1, 0.15) is 11.5 Å². The van der Waals surface area contributed by atoms with Crippen LogP contribution in [0.1, 0.15) is 66.0 Å². The van der Waals surface area contributed by atoms with Crippen molar-refractivity contribution in [3.63, 3.8) is 0 Å². The van der Waals surface area contributed by atoms with Gasteiger partial charge in [0, 0.05) is 31.9 Å². The van der Waals surface area contributed by atoms with Crippen molar-refractivity contribution in [2.24, 2.45) is 0 Å². The van der Waals surface area contributed by atoms with Crippen LogP contribution in [0.2, 0.25) is 0 Å². The average Bonchev–Trinajstić information content (AvgIpc) is 3.15. The summed E-state index contributed by atoms with van der Waals surface area (Å²) in [6.07, 6.45) is 6.11. The van der Waals surface area contributed by atoms with Crippen LogP contribution in [0.5, 0.6) is 0 Å². The van der Waals surface area contributed by atoms with E-state index in [1.165, 1.54) is 18.6 Å². The van der Waals surface area contributed by atoms with Gasteiger partial charge in [-0.3, -0.25) is 4.79 Å². The number of nitrogens with one attached hydrogen (secondary N) is 1. The van der Waals surface area contributed by atoms with Crippen LogP contribution in [0.4, 0.5) is 4.39 Å². The first-order valence-electron chi connectivity index (χ1n) is 10.8. The SMILES string of the molecule is CCC(NCc1c(C(=O)N2CCCCC2)nc2c(C)cccn12)c1ccc(F)cc1. The van der Waals surface area contributed by atoms with Crippen LogP contribution >= 0.6 is 0 Å². The van der Waals surface area contributed by atoms with Crippen LogP contribution in [-0.2, 0) is 6.54 Å². The predicted octanol–water partition coefficient (Wildman–Crippen LogP) is 4.65. The summed E-state index contributed by atoms with van der Waals surface area (Å²) in [4.78, 5) is 20.0. The number of nitrogens with zero attached hydrogens (tertiary/aromatic N) is 3. The van der Waals surface area contributed by atoms with Crippen molar-refractivity contribution in [1.29, 1.82) is 0 Å². The number of hydrogen-bond acceptors (Lipinski definition) is 3. The van der Waals surface area contributed by atoms with Gasteiger partial charge in [0.25, 0.3) is 5.91 Å². The molecule has 1 amide bonds. The van der Waals surface area contributed by atoms with E-state index in [0.29, 0.717) is 12.2 Å². The van der Waals surface area contributed by atoms with E-state index < -0.39 is 0 Å². The molecule has 1 aromatic carbocycles. The molecule has 3 heterocycles. The van der Waals surface area contributed by atoms with Crippen molar-refractivity contribution >= 4 is 11.6 Å². The van der Waals surface area contributed by atoms with Crippen LogP contribution in [0.3, 0.4) is 0 Å². The Morgan fingerprint density at radius 3 is 2.60 bits per heavy atom. The lowest BCUT2D eigenvalue weighted by molar-refractivity contribution is 0.0717. The third-order valence-electron chi connectivity index (χ3n) is 5.99. The molecule has 30 heavy (non-hydrogen) atoms. The Kier molecular flexibility index (Phi) is 6.13. The maximum Gasteiger partial charge on any atom is 0.274 e. The smallest absolute Gasteiger partial charge is 0.274 e. The molecular formula is C24H29FN4O. The Bertz CT molecular complexity index is 1020. The number of aryl methyl sites for hydroxylation is 1. The van der Waals surface area contributed by atoms with E-state index in [1.807, 2.05) is 46.7 Å².